The number of nitrogens with zero attached hydrogens (tertiary/aromatic N) is 2. The van der Waals surface area contributed by atoms with E-state index < -0.39 is 17.8 Å². The topological polar surface area (TPSA) is 69.0 Å². The minimum Gasteiger partial charge on any atom is -0.487 e. The van der Waals surface area contributed by atoms with E-state index in [0.717, 1.165) is 5.69 Å². The first kappa shape index (κ1) is 29.8. The van der Waals surface area contributed by atoms with Crippen LogP contribution in [0.25, 0.3) is 0 Å². The molecule has 3 rings (SSSR count). The normalized spacial score (nSPS) is 11.8. The van der Waals surface area contributed by atoms with E-state index in [1.807, 2.05) is 48.1 Å². The van der Waals surface area contributed by atoms with Crippen LogP contribution in [0.3, 0.4) is 0 Å². The SMILES string of the molecule is C=C(OC(=O)c1ccc(OCC[n+]2ccc(N(C)C)cc2)cc1)/C(C)=C(C)\C(=C/C)OC(=O)c1ccc(F)cc1. The number of halogens is 1. The summed E-state index contributed by atoms with van der Waals surface area (Å²) in [5.41, 5.74) is 2.76. The average molecular weight is 546 g/mol. The number of ether oxygens (including phenoxy) is 3. The standard InChI is InChI=1S/C32H34FN2O5/c1-7-30(40-32(37)25-8-12-27(33)13-9-25)23(3)22(2)24(4)39-31(36)26-10-14-29(15-11-26)38-21-20-35-18-16-28(17-19-35)34(5)6/h7-19H,4,20-21H2,1-3,5-6H3/q+1/b23-22-,30-7+. The summed E-state index contributed by atoms with van der Waals surface area (Å²) in [7, 11) is 3.99. The lowest BCUT2D eigenvalue weighted by Gasteiger charge is -2.14. The Morgan fingerprint density at radius 2 is 1.43 bits per heavy atom. The summed E-state index contributed by atoms with van der Waals surface area (Å²) in [6.45, 7) is 10.2. The molecule has 0 aliphatic heterocycles. The number of benzene rings is 2. The monoisotopic (exact) mass is 545 g/mol. The third-order valence-electron chi connectivity index (χ3n) is 6.21. The van der Waals surface area contributed by atoms with Crippen molar-refractivity contribution in [3.8, 4) is 5.75 Å². The largest absolute Gasteiger partial charge is 0.487 e. The summed E-state index contributed by atoms with van der Waals surface area (Å²) in [6.07, 6.45) is 5.61. The zero-order valence-electron chi connectivity index (χ0n) is 23.4. The maximum atomic E-state index is 13.2. The Balaban J connectivity index is 1.54. The van der Waals surface area contributed by atoms with Gasteiger partial charge in [0, 0.05) is 31.9 Å². The Bertz CT molecular complexity index is 1410. The Labute approximate surface area is 234 Å². The van der Waals surface area contributed by atoms with Crippen molar-refractivity contribution in [1.82, 2.24) is 0 Å². The van der Waals surface area contributed by atoms with Crippen LogP contribution in [-0.4, -0.2) is 32.6 Å². The molecule has 0 aliphatic carbocycles. The molecule has 1 aromatic heterocycles. The first-order valence-electron chi connectivity index (χ1n) is 12.7. The van der Waals surface area contributed by atoms with Gasteiger partial charge < -0.3 is 19.1 Å². The summed E-state index contributed by atoms with van der Waals surface area (Å²) >= 11 is 0. The van der Waals surface area contributed by atoms with E-state index in [9.17, 15) is 14.0 Å². The molecule has 8 heteroatoms. The van der Waals surface area contributed by atoms with Crippen molar-refractivity contribution < 1.29 is 32.8 Å². The first-order valence-corrected chi connectivity index (χ1v) is 12.7. The van der Waals surface area contributed by atoms with Crippen LogP contribution in [0.5, 0.6) is 5.75 Å². The smallest absolute Gasteiger partial charge is 0.343 e. The Hall–Kier alpha value is -4.72. The van der Waals surface area contributed by atoms with Gasteiger partial charge in [-0.15, -0.1) is 0 Å². The van der Waals surface area contributed by atoms with Crippen LogP contribution in [0.1, 0.15) is 41.5 Å². The summed E-state index contributed by atoms with van der Waals surface area (Å²) < 4.78 is 31.9. The van der Waals surface area contributed by atoms with Crippen LogP contribution in [0.4, 0.5) is 10.1 Å². The van der Waals surface area contributed by atoms with E-state index in [4.69, 9.17) is 14.2 Å². The molecule has 2 aromatic carbocycles. The summed E-state index contributed by atoms with van der Waals surface area (Å²) in [5, 5.41) is 0. The number of carbonyl (C=O) groups is 2. The molecule has 0 aliphatic rings. The Kier molecular flexibility index (Phi) is 10.4. The lowest BCUT2D eigenvalue weighted by atomic mass is 10.1. The second kappa shape index (κ2) is 13.9. The predicted molar refractivity (Wildman–Crippen MR) is 151 cm³/mol. The third kappa shape index (κ3) is 8.14. The van der Waals surface area contributed by atoms with Gasteiger partial charge in [-0.2, -0.15) is 0 Å². The van der Waals surface area contributed by atoms with E-state index >= 15 is 0 Å². The van der Waals surface area contributed by atoms with Crippen LogP contribution in [-0.2, 0) is 16.0 Å². The highest BCUT2D eigenvalue weighted by Crippen LogP contribution is 2.24. The van der Waals surface area contributed by atoms with E-state index in [1.54, 1.807) is 51.1 Å². The lowest BCUT2D eigenvalue weighted by molar-refractivity contribution is -0.697. The summed E-state index contributed by atoms with van der Waals surface area (Å²) in [4.78, 5) is 27.2. The van der Waals surface area contributed by atoms with Crippen molar-refractivity contribution in [3.05, 3.63) is 125 Å². The molecule has 3 aromatic rings. The fraction of sp³-hybridized carbons (Fsp3) is 0.219. The van der Waals surface area contributed by atoms with Gasteiger partial charge >= 0.3 is 11.9 Å². The molecular formula is C32H34FN2O5+. The zero-order chi connectivity index (χ0) is 29.2. The molecule has 0 amide bonds. The molecule has 0 saturated heterocycles. The molecule has 40 heavy (non-hydrogen) atoms. The number of hydrogen-bond donors (Lipinski definition) is 0. The third-order valence-corrected chi connectivity index (χ3v) is 6.21. The van der Waals surface area contributed by atoms with Gasteiger partial charge in [0.2, 0.25) is 0 Å². The number of esters is 2. The number of anilines is 1. The number of allylic oxidation sites excluding steroid dienone is 3. The molecule has 208 valence electrons. The maximum Gasteiger partial charge on any atom is 0.343 e. The molecule has 0 unspecified atom stereocenters. The van der Waals surface area contributed by atoms with E-state index in [-0.39, 0.29) is 17.1 Å². The molecular weight excluding hydrogens is 511 g/mol. The highest BCUT2D eigenvalue weighted by atomic mass is 19.1. The molecule has 1 heterocycles. The van der Waals surface area contributed by atoms with Gasteiger partial charge in [-0.3, -0.25) is 0 Å². The van der Waals surface area contributed by atoms with Crippen molar-refractivity contribution in [2.45, 2.75) is 27.3 Å². The van der Waals surface area contributed by atoms with Gasteiger partial charge in [-0.05, 0) is 86.5 Å². The highest BCUT2D eigenvalue weighted by Gasteiger charge is 2.17. The number of aromatic nitrogens is 1. The van der Waals surface area contributed by atoms with E-state index in [1.165, 1.54) is 24.3 Å². The predicted octanol–water partition coefficient (Wildman–Crippen LogP) is 6.03. The van der Waals surface area contributed by atoms with Crippen molar-refractivity contribution in [2.24, 2.45) is 0 Å². The molecule has 0 spiro atoms. The summed E-state index contributed by atoms with van der Waals surface area (Å²) in [5.74, 6) is -0.629. The quantitative estimate of drug-likeness (QED) is 0.127. The fourth-order valence-corrected chi connectivity index (χ4v) is 3.59. The maximum absolute atomic E-state index is 13.2. The minimum absolute atomic E-state index is 0.123. The second-order valence-corrected chi connectivity index (χ2v) is 9.17. The van der Waals surface area contributed by atoms with Gasteiger partial charge in [-0.1, -0.05) is 6.58 Å². The number of carbonyl (C=O) groups excluding carboxylic acids is 2. The fourth-order valence-electron chi connectivity index (χ4n) is 3.59. The number of hydrogen-bond acceptors (Lipinski definition) is 6. The van der Waals surface area contributed by atoms with Crippen molar-refractivity contribution in [1.29, 1.82) is 0 Å². The van der Waals surface area contributed by atoms with Crippen molar-refractivity contribution in [3.63, 3.8) is 0 Å². The molecule has 0 radical (unpaired) electrons. The average Bonchev–Trinajstić information content (AvgIpc) is 2.95. The van der Waals surface area contributed by atoms with Gasteiger partial charge in [-0.25, -0.2) is 18.5 Å². The Morgan fingerprint density at radius 3 is 1.98 bits per heavy atom. The van der Waals surface area contributed by atoms with Crippen LogP contribution in [0, 0.1) is 5.82 Å². The Morgan fingerprint density at radius 1 is 0.875 bits per heavy atom. The van der Waals surface area contributed by atoms with E-state index in [2.05, 4.69) is 6.58 Å². The van der Waals surface area contributed by atoms with Crippen molar-refractivity contribution >= 4 is 17.6 Å². The van der Waals surface area contributed by atoms with Crippen LogP contribution >= 0.6 is 0 Å². The van der Waals surface area contributed by atoms with Gasteiger partial charge in [0.15, 0.2) is 18.9 Å². The first-order chi connectivity index (χ1) is 19.1. The second-order valence-electron chi connectivity index (χ2n) is 9.17. The van der Waals surface area contributed by atoms with Crippen LogP contribution in [0.15, 0.2) is 108 Å². The highest BCUT2D eigenvalue weighted by molar-refractivity contribution is 5.91. The minimum atomic E-state index is -0.633. The molecule has 0 fully saturated rings. The molecule has 0 saturated carbocycles. The lowest BCUT2D eigenvalue weighted by Crippen LogP contribution is -2.35. The van der Waals surface area contributed by atoms with Crippen LogP contribution < -0.4 is 14.2 Å². The zero-order valence-corrected chi connectivity index (χ0v) is 23.4. The molecule has 7 nitrogen and oxygen atoms in total. The van der Waals surface area contributed by atoms with Gasteiger partial charge in [0.05, 0.1) is 11.1 Å². The van der Waals surface area contributed by atoms with Crippen molar-refractivity contribution in [2.75, 3.05) is 25.6 Å². The van der Waals surface area contributed by atoms with E-state index in [0.29, 0.717) is 35.6 Å². The van der Waals surface area contributed by atoms with Gasteiger partial charge in [0.1, 0.15) is 29.7 Å². The molecule has 0 bridgehead atoms. The number of rotatable bonds is 11. The molecule has 0 atom stereocenters. The molecule has 0 N–H and O–H groups in total. The number of pyridine rings is 1. The van der Waals surface area contributed by atoms with Crippen LogP contribution in [0.2, 0.25) is 0 Å². The van der Waals surface area contributed by atoms with Gasteiger partial charge in [0.25, 0.3) is 0 Å². The summed E-state index contributed by atoms with van der Waals surface area (Å²) in [6, 6.07) is 15.8.